The molecule has 4 heteroatoms. The first kappa shape index (κ1) is 9.22. The molecule has 1 aromatic heterocycles. The zero-order valence-electron chi connectivity index (χ0n) is 7.31. The molecule has 0 amide bonds. The topological polar surface area (TPSA) is 58.3 Å². The summed E-state index contributed by atoms with van der Waals surface area (Å²) in [7, 11) is 1.82. The number of rotatable bonds is 3. The van der Waals surface area contributed by atoms with Crippen molar-refractivity contribution in [2.75, 3.05) is 0 Å². The third-order valence-electron chi connectivity index (χ3n) is 1.81. The number of aromatic nitrogens is 2. The van der Waals surface area contributed by atoms with Gasteiger partial charge < -0.3 is 14.8 Å². The van der Waals surface area contributed by atoms with Crippen LogP contribution in [0.4, 0.5) is 0 Å². The number of nitrogens with zero attached hydrogens (tertiary/aromatic N) is 2. The van der Waals surface area contributed by atoms with Crippen LogP contribution in [0.1, 0.15) is 25.1 Å². The molecule has 0 aliphatic heterocycles. The van der Waals surface area contributed by atoms with E-state index >= 15 is 0 Å². The SMILES string of the molecule is CCC(O)C(O)c1cn(C)cn1. The highest BCUT2D eigenvalue weighted by molar-refractivity contribution is 5.02. The number of aryl methyl sites for hydroxylation is 1. The molecule has 0 bridgehead atoms. The van der Waals surface area contributed by atoms with Gasteiger partial charge in [0.25, 0.3) is 0 Å². The number of aliphatic hydroxyl groups excluding tert-OH is 2. The maximum Gasteiger partial charge on any atom is 0.123 e. The second kappa shape index (κ2) is 3.69. The Morgan fingerprint density at radius 1 is 1.58 bits per heavy atom. The summed E-state index contributed by atoms with van der Waals surface area (Å²) in [5.74, 6) is 0. The van der Waals surface area contributed by atoms with Crippen molar-refractivity contribution in [3.8, 4) is 0 Å². The van der Waals surface area contributed by atoms with Crippen LogP contribution >= 0.6 is 0 Å². The summed E-state index contributed by atoms with van der Waals surface area (Å²) in [6, 6.07) is 0. The Hall–Kier alpha value is -0.870. The molecule has 0 saturated heterocycles. The lowest BCUT2D eigenvalue weighted by Crippen LogP contribution is -2.17. The minimum absolute atomic E-state index is 0.520. The fourth-order valence-electron chi connectivity index (χ4n) is 1.01. The Morgan fingerprint density at radius 3 is 2.67 bits per heavy atom. The molecule has 0 aromatic carbocycles. The Labute approximate surface area is 71.5 Å². The van der Waals surface area contributed by atoms with E-state index < -0.39 is 12.2 Å². The van der Waals surface area contributed by atoms with Crippen LogP contribution in [0.25, 0.3) is 0 Å². The van der Waals surface area contributed by atoms with E-state index in [0.29, 0.717) is 12.1 Å². The lowest BCUT2D eigenvalue weighted by Gasteiger charge is -2.12. The third-order valence-corrected chi connectivity index (χ3v) is 1.81. The maximum absolute atomic E-state index is 9.48. The second-order valence-electron chi connectivity index (χ2n) is 2.88. The summed E-state index contributed by atoms with van der Waals surface area (Å²) in [5.41, 5.74) is 0.520. The first-order chi connectivity index (χ1) is 5.65. The first-order valence-corrected chi connectivity index (χ1v) is 3.99. The van der Waals surface area contributed by atoms with E-state index in [1.165, 1.54) is 0 Å². The average Bonchev–Trinajstić information content (AvgIpc) is 2.49. The average molecular weight is 170 g/mol. The number of hydrogen-bond donors (Lipinski definition) is 2. The summed E-state index contributed by atoms with van der Waals surface area (Å²) in [4.78, 5) is 3.94. The largest absolute Gasteiger partial charge is 0.390 e. The van der Waals surface area contributed by atoms with E-state index in [1.807, 2.05) is 14.0 Å². The van der Waals surface area contributed by atoms with Gasteiger partial charge >= 0.3 is 0 Å². The van der Waals surface area contributed by atoms with Crippen molar-refractivity contribution < 1.29 is 10.2 Å². The van der Waals surface area contributed by atoms with Gasteiger partial charge in [0.05, 0.1) is 18.1 Å². The van der Waals surface area contributed by atoms with Crippen molar-refractivity contribution in [2.24, 2.45) is 7.05 Å². The molecule has 0 fully saturated rings. The molecule has 0 aliphatic rings. The van der Waals surface area contributed by atoms with Gasteiger partial charge in [-0.15, -0.1) is 0 Å². The molecule has 0 spiro atoms. The van der Waals surface area contributed by atoms with E-state index in [4.69, 9.17) is 0 Å². The van der Waals surface area contributed by atoms with Crippen molar-refractivity contribution in [3.63, 3.8) is 0 Å². The molecule has 0 aliphatic carbocycles. The molecule has 1 heterocycles. The van der Waals surface area contributed by atoms with Gasteiger partial charge in [-0.25, -0.2) is 4.98 Å². The predicted molar refractivity (Wildman–Crippen MR) is 44.5 cm³/mol. The molecule has 2 unspecified atom stereocenters. The van der Waals surface area contributed by atoms with E-state index in [9.17, 15) is 10.2 Å². The monoisotopic (exact) mass is 170 g/mol. The van der Waals surface area contributed by atoms with Crippen LogP contribution < -0.4 is 0 Å². The minimum Gasteiger partial charge on any atom is -0.390 e. The lowest BCUT2D eigenvalue weighted by atomic mass is 10.1. The molecule has 1 rings (SSSR count). The quantitative estimate of drug-likeness (QED) is 0.682. The minimum atomic E-state index is -0.865. The van der Waals surface area contributed by atoms with Gasteiger partial charge in [-0.2, -0.15) is 0 Å². The summed E-state index contributed by atoms with van der Waals surface area (Å²) in [5, 5.41) is 18.8. The van der Waals surface area contributed by atoms with Crippen LogP contribution in [0.15, 0.2) is 12.5 Å². The Kier molecular flexibility index (Phi) is 2.83. The van der Waals surface area contributed by atoms with Crippen LogP contribution in [0.3, 0.4) is 0 Å². The van der Waals surface area contributed by atoms with Gasteiger partial charge in [0.2, 0.25) is 0 Å². The summed E-state index contributed by atoms with van der Waals surface area (Å²) < 4.78 is 1.74. The highest BCUT2D eigenvalue weighted by Gasteiger charge is 2.18. The fourth-order valence-corrected chi connectivity index (χ4v) is 1.01. The predicted octanol–water partition coefficient (Wildman–Crippen LogP) is 0.224. The molecular weight excluding hydrogens is 156 g/mol. The van der Waals surface area contributed by atoms with E-state index in [-0.39, 0.29) is 0 Å². The molecule has 12 heavy (non-hydrogen) atoms. The molecule has 2 N–H and O–H groups in total. The zero-order chi connectivity index (χ0) is 9.14. The van der Waals surface area contributed by atoms with Gasteiger partial charge in [-0.1, -0.05) is 6.92 Å². The van der Waals surface area contributed by atoms with Gasteiger partial charge in [0.1, 0.15) is 6.10 Å². The van der Waals surface area contributed by atoms with Crippen molar-refractivity contribution in [2.45, 2.75) is 25.6 Å². The Bertz CT molecular complexity index is 247. The summed E-state index contributed by atoms with van der Waals surface area (Å²) in [6.45, 7) is 1.82. The molecule has 0 saturated carbocycles. The molecule has 2 atom stereocenters. The van der Waals surface area contributed by atoms with Gasteiger partial charge in [-0.3, -0.25) is 0 Å². The summed E-state index contributed by atoms with van der Waals surface area (Å²) in [6.07, 6.45) is 2.23. The van der Waals surface area contributed by atoms with Crippen molar-refractivity contribution >= 4 is 0 Å². The molecule has 68 valence electrons. The number of imidazole rings is 1. The third kappa shape index (κ3) is 1.84. The highest BCUT2D eigenvalue weighted by atomic mass is 16.3. The molecular formula is C8H14N2O2. The van der Waals surface area contributed by atoms with Crippen molar-refractivity contribution in [1.82, 2.24) is 9.55 Å². The van der Waals surface area contributed by atoms with E-state index in [2.05, 4.69) is 4.98 Å². The fraction of sp³-hybridized carbons (Fsp3) is 0.625. The van der Waals surface area contributed by atoms with E-state index in [0.717, 1.165) is 0 Å². The van der Waals surface area contributed by atoms with Gasteiger partial charge in [0.15, 0.2) is 0 Å². The van der Waals surface area contributed by atoms with Crippen LogP contribution in [0, 0.1) is 0 Å². The first-order valence-electron chi connectivity index (χ1n) is 3.99. The van der Waals surface area contributed by atoms with Crippen LogP contribution in [-0.2, 0) is 7.05 Å². The van der Waals surface area contributed by atoms with Gasteiger partial charge in [0, 0.05) is 13.2 Å². The van der Waals surface area contributed by atoms with Crippen LogP contribution in [-0.4, -0.2) is 25.9 Å². The maximum atomic E-state index is 9.48. The molecule has 0 radical (unpaired) electrons. The van der Waals surface area contributed by atoms with Crippen molar-refractivity contribution in [3.05, 3.63) is 18.2 Å². The Balaban J connectivity index is 2.70. The van der Waals surface area contributed by atoms with Crippen LogP contribution in [0.5, 0.6) is 0 Å². The second-order valence-corrected chi connectivity index (χ2v) is 2.88. The standard InChI is InChI=1S/C8H14N2O2/c1-3-7(11)8(12)6-4-10(2)5-9-6/h4-5,7-8,11-12H,3H2,1-2H3. The summed E-state index contributed by atoms with van der Waals surface area (Å²) >= 11 is 0. The van der Waals surface area contributed by atoms with Crippen molar-refractivity contribution in [1.29, 1.82) is 0 Å². The smallest absolute Gasteiger partial charge is 0.123 e. The Morgan fingerprint density at radius 2 is 2.25 bits per heavy atom. The molecule has 4 nitrogen and oxygen atoms in total. The van der Waals surface area contributed by atoms with Gasteiger partial charge in [-0.05, 0) is 6.42 Å². The number of hydrogen-bond acceptors (Lipinski definition) is 3. The van der Waals surface area contributed by atoms with Crippen LogP contribution in [0.2, 0.25) is 0 Å². The lowest BCUT2D eigenvalue weighted by molar-refractivity contribution is 0.0141. The highest BCUT2D eigenvalue weighted by Crippen LogP contribution is 2.15. The number of aliphatic hydroxyl groups is 2. The molecule has 1 aromatic rings. The zero-order valence-corrected chi connectivity index (χ0v) is 7.31. The normalized spacial score (nSPS) is 16.0. The van der Waals surface area contributed by atoms with E-state index in [1.54, 1.807) is 17.1 Å².